The normalized spacial score (nSPS) is 11.7. The van der Waals surface area contributed by atoms with E-state index in [9.17, 15) is 8.42 Å². The van der Waals surface area contributed by atoms with Crippen LogP contribution < -0.4 is 4.72 Å². The molecule has 102 valence electrons. The lowest BCUT2D eigenvalue weighted by Crippen LogP contribution is -2.25. The van der Waals surface area contributed by atoms with Crippen LogP contribution in [0.3, 0.4) is 0 Å². The first-order chi connectivity index (χ1) is 8.92. The largest absolute Gasteiger partial charge is 0.337 e. The number of sulfonamides is 1. The van der Waals surface area contributed by atoms with Crippen LogP contribution in [0.25, 0.3) is 0 Å². The van der Waals surface area contributed by atoms with Gasteiger partial charge in [-0.3, -0.25) is 0 Å². The van der Waals surface area contributed by atoms with E-state index in [1.54, 1.807) is 24.0 Å². The second kappa shape index (κ2) is 5.50. The molecule has 5 nitrogen and oxygen atoms in total. The summed E-state index contributed by atoms with van der Waals surface area (Å²) in [6.07, 6.45) is 3.33. The third-order valence-corrected chi connectivity index (χ3v) is 4.92. The highest BCUT2D eigenvalue weighted by molar-refractivity contribution is 7.89. The van der Waals surface area contributed by atoms with Gasteiger partial charge in [0, 0.05) is 19.4 Å². The highest BCUT2D eigenvalue weighted by Gasteiger charge is 2.19. The van der Waals surface area contributed by atoms with E-state index >= 15 is 0 Å². The molecule has 0 aliphatic rings. The Labute approximate surface area is 121 Å². The third-order valence-electron chi connectivity index (χ3n) is 2.55. The van der Waals surface area contributed by atoms with Crippen LogP contribution in [-0.2, 0) is 23.6 Å². The maximum atomic E-state index is 12.1. The van der Waals surface area contributed by atoms with Gasteiger partial charge in [0.1, 0.15) is 10.7 Å². The number of imidazole rings is 1. The summed E-state index contributed by atoms with van der Waals surface area (Å²) in [5, 5.41) is 0.207. The fraction of sp³-hybridized carbons (Fsp3) is 0.182. The molecule has 1 N–H and O–H groups in total. The predicted molar refractivity (Wildman–Crippen MR) is 73.7 cm³/mol. The molecule has 0 radical (unpaired) electrons. The van der Waals surface area contributed by atoms with Gasteiger partial charge in [0.2, 0.25) is 10.0 Å². The Bertz CT molecular complexity index is 698. The van der Waals surface area contributed by atoms with Gasteiger partial charge < -0.3 is 4.57 Å². The van der Waals surface area contributed by atoms with Crippen molar-refractivity contribution in [3.05, 3.63) is 46.5 Å². The lowest BCUT2D eigenvalue weighted by molar-refractivity contribution is 0.577. The molecule has 0 aliphatic heterocycles. The Morgan fingerprint density at radius 3 is 2.74 bits per heavy atom. The number of aryl methyl sites for hydroxylation is 1. The molecule has 2 aromatic rings. The number of rotatable bonds is 4. The number of aromatic nitrogens is 2. The Hall–Kier alpha value is -1.08. The van der Waals surface area contributed by atoms with Crippen LogP contribution in [0, 0.1) is 0 Å². The van der Waals surface area contributed by atoms with Crippen LogP contribution in [0.5, 0.6) is 0 Å². The molecule has 0 amide bonds. The van der Waals surface area contributed by atoms with Crippen molar-refractivity contribution in [2.45, 2.75) is 11.4 Å². The molecule has 0 bridgehead atoms. The summed E-state index contributed by atoms with van der Waals surface area (Å²) in [4.78, 5) is 3.98. The second-order valence-corrected chi connectivity index (χ2v) is 6.35. The van der Waals surface area contributed by atoms with Crippen molar-refractivity contribution in [2.24, 2.45) is 7.05 Å². The highest BCUT2D eigenvalue weighted by atomic mass is 35.5. The molecule has 0 saturated carbocycles. The van der Waals surface area contributed by atoms with Crippen LogP contribution in [0.15, 0.2) is 35.5 Å². The van der Waals surface area contributed by atoms with E-state index in [4.69, 9.17) is 23.2 Å². The first kappa shape index (κ1) is 14.3. The van der Waals surface area contributed by atoms with Crippen molar-refractivity contribution < 1.29 is 8.42 Å². The van der Waals surface area contributed by atoms with Gasteiger partial charge in [0.05, 0.1) is 16.6 Å². The van der Waals surface area contributed by atoms with Gasteiger partial charge in [-0.1, -0.05) is 29.3 Å². The molecule has 0 spiro atoms. The summed E-state index contributed by atoms with van der Waals surface area (Å²) in [5.41, 5.74) is 0. The van der Waals surface area contributed by atoms with E-state index in [1.165, 1.54) is 18.2 Å². The lowest BCUT2D eigenvalue weighted by Gasteiger charge is -2.09. The second-order valence-electron chi connectivity index (χ2n) is 3.83. The zero-order chi connectivity index (χ0) is 14.0. The Kier molecular flexibility index (Phi) is 4.15. The molecule has 19 heavy (non-hydrogen) atoms. The number of halogens is 2. The summed E-state index contributed by atoms with van der Waals surface area (Å²) < 4.78 is 28.4. The molecule has 1 heterocycles. The third kappa shape index (κ3) is 3.09. The van der Waals surface area contributed by atoms with Gasteiger partial charge >= 0.3 is 0 Å². The number of hydrogen-bond acceptors (Lipinski definition) is 3. The quantitative estimate of drug-likeness (QED) is 0.939. The zero-order valence-electron chi connectivity index (χ0n) is 9.97. The van der Waals surface area contributed by atoms with Crippen molar-refractivity contribution >= 4 is 33.2 Å². The molecule has 8 heteroatoms. The van der Waals surface area contributed by atoms with Crippen LogP contribution in [-0.4, -0.2) is 18.0 Å². The van der Waals surface area contributed by atoms with Crippen molar-refractivity contribution in [1.29, 1.82) is 0 Å². The molecule has 0 aliphatic carbocycles. The molecule has 1 aromatic carbocycles. The summed E-state index contributed by atoms with van der Waals surface area (Å²) in [6, 6.07) is 4.46. The topological polar surface area (TPSA) is 64.0 Å². The molecular formula is C11H11Cl2N3O2S. The van der Waals surface area contributed by atoms with Gasteiger partial charge in [-0.2, -0.15) is 0 Å². The maximum absolute atomic E-state index is 12.1. The minimum atomic E-state index is -3.73. The van der Waals surface area contributed by atoms with E-state index in [0.717, 1.165) is 0 Å². The van der Waals surface area contributed by atoms with E-state index in [1.807, 2.05) is 0 Å². The molecule has 2 rings (SSSR count). The predicted octanol–water partition coefficient (Wildman–Crippen LogP) is 2.21. The van der Waals surface area contributed by atoms with Gasteiger partial charge in [-0.05, 0) is 12.1 Å². The number of hydrogen-bond donors (Lipinski definition) is 1. The molecule has 1 aromatic heterocycles. The lowest BCUT2D eigenvalue weighted by atomic mass is 10.4. The van der Waals surface area contributed by atoms with Crippen molar-refractivity contribution in [3.8, 4) is 0 Å². The zero-order valence-corrected chi connectivity index (χ0v) is 12.3. The Morgan fingerprint density at radius 2 is 2.11 bits per heavy atom. The van der Waals surface area contributed by atoms with Crippen LogP contribution in [0.1, 0.15) is 5.82 Å². The first-order valence-corrected chi connectivity index (χ1v) is 7.55. The van der Waals surface area contributed by atoms with Crippen molar-refractivity contribution in [3.63, 3.8) is 0 Å². The number of benzene rings is 1. The highest BCUT2D eigenvalue weighted by Crippen LogP contribution is 2.28. The van der Waals surface area contributed by atoms with E-state index < -0.39 is 10.0 Å². The smallest absolute Gasteiger partial charge is 0.242 e. The van der Waals surface area contributed by atoms with Crippen LogP contribution in [0.4, 0.5) is 0 Å². The summed E-state index contributed by atoms with van der Waals surface area (Å²) in [5.74, 6) is 0.599. The first-order valence-electron chi connectivity index (χ1n) is 5.31. The molecule has 0 fully saturated rings. The Morgan fingerprint density at radius 1 is 1.37 bits per heavy atom. The fourth-order valence-corrected chi connectivity index (χ4v) is 3.24. The van der Waals surface area contributed by atoms with E-state index in [0.29, 0.717) is 5.82 Å². The van der Waals surface area contributed by atoms with Crippen LogP contribution in [0.2, 0.25) is 10.0 Å². The van der Waals surface area contributed by atoms with Gasteiger partial charge in [-0.25, -0.2) is 18.1 Å². The molecule has 0 saturated heterocycles. The number of nitrogens with zero attached hydrogens (tertiary/aromatic N) is 2. The summed E-state index contributed by atoms with van der Waals surface area (Å²) >= 11 is 11.7. The monoisotopic (exact) mass is 319 g/mol. The fourth-order valence-electron chi connectivity index (χ4n) is 1.50. The number of nitrogens with one attached hydrogen (secondary N) is 1. The van der Waals surface area contributed by atoms with E-state index in [2.05, 4.69) is 9.71 Å². The van der Waals surface area contributed by atoms with Crippen molar-refractivity contribution in [1.82, 2.24) is 14.3 Å². The average Bonchev–Trinajstić information content (AvgIpc) is 2.76. The van der Waals surface area contributed by atoms with Gasteiger partial charge in [-0.15, -0.1) is 0 Å². The minimum absolute atomic E-state index is 0.0107. The summed E-state index contributed by atoms with van der Waals surface area (Å²) in [6.45, 7) is 0.0781. The molecule has 0 atom stereocenters. The molecule has 0 unspecified atom stereocenters. The standard InChI is InChI=1S/C11H11Cl2N3O2S/c1-16-6-5-14-10(16)7-15-19(17,18)9-4-2-3-8(12)11(9)13/h2-6,15H,7H2,1H3. The van der Waals surface area contributed by atoms with Crippen molar-refractivity contribution in [2.75, 3.05) is 0 Å². The van der Waals surface area contributed by atoms with Crippen LogP contribution >= 0.6 is 23.2 Å². The minimum Gasteiger partial charge on any atom is -0.337 e. The van der Waals surface area contributed by atoms with E-state index in [-0.39, 0.29) is 21.5 Å². The average molecular weight is 320 g/mol. The Balaban J connectivity index is 2.24. The summed E-state index contributed by atoms with van der Waals surface area (Å²) in [7, 11) is -1.95. The maximum Gasteiger partial charge on any atom is 0.242 e. The SMILES string of the molecule is Cn1ccnc1CNS(=O)(=O)c1cccc(Cl)c1Cl. The van der Waals surface area contributed by atoms with Gasteiger partial charge in [0.25, 0.3) is 0 Å². The molecular weight excluding hydrogens is 309 g/mol. The van der Waals surface area contributed by atoms with Gasteiger partial charge in [0.15, 0.2) is 0 Å².